The van der Waals surface area contributed by atoms with Gasteiger partial charge in [-0.05, 0) is 61.8 Å². The highest BCUT2D eigenvalue weighted by Gasteiger charge is 2.34. The molecule has 1 aromatic rings. The second-order valence-corrected chi connectivity index (χ2v) is 7.44. The Morgan fingerprint density at radius 1 is 1.23 bits per heavy atom. The summed E-state index contributed by atoms with van der Waals surface area (Å²) in [7, 11) is 5.44. The summed E-state index contributed by atoms with van der Waals surface area (Å²) in [6.45, 7) is 8.05. The number of benzene rings is 1. The van der Waals surface area contributed by atoms with Crippen molar-refractivity contribution < 1.29 is 20.4 Å². The molecule has 0 saturated carbocycles. The first-order chi connectivity index (χ1) is 12.1. The van der Waals surface area contributed by atoms with Gasteiger partial charge in [-0.1, -0.05) is 38.0 Å². The number of unbranched alkanes of at least 4 members (excludes halogenated alkanes) is 2. The summed E-state index contributed by atoms with van der Waals surface area (Å²) in [5.41, 5.74) is 0.0737. The van der Waals surface area contributed by atoms with Gasteiger partial charge in [-0.25, -0.2) is 0 Å². The lowest BCUT2D eigenvalue weighted by Gasteiger charge is -2.35. The first-order valence-electron chi connectivity index (χ1n) is 9.30. The van der Waals surface area contributed by atoms with Gasteiger partial charge < -0.3 is 20.4 Å². The van der Waals surface area contributed by atoms with E-state index >= 15 is 0 Å². The van der Waals surface area contributed by atoms with E-state index in [0.717, 1.165) is 36.8 Å². The molecule has 140 valence electrons. The van der Waals surface area contributed by atoms with Crippen LogP contribution < -0.4 is 0 Å². The van der Waals surface area contributed by atoms with Gasteiger partial charge >= 0.3 is 0 Å². The van der Waals surface area contributed by atoms with Gasteiger partial charge in [-0.3, -0.25) is 0 Å². The number of allylic oxidation sites excluding steroid dienone is 2. The third kappa shape index (κ3) is 4.71. The van der Waals surface area contributed by atoms with Crippen molar-refractivity contribution in [1.82, 2.24) is 0 Å². The second kappa shape index (κ2) is 8.32. The topological polar surface area (TPSA) is 80.9 Å². The van der Waals surface area contributed by atoms with E-state index in [1.54, 1.807) is 18.2 Å². The summed E-state index contributed by atoms with van der Waals surface area (Å²) in [6, 6.07) is 3.38. The van der Waals surface area contributed by atoms with Crippen molar-refractivity contribution in [2.75, 3.05) is 0 Å². The van der Waals surface area contributed by atoms with Gasteiger partial charge in [0.1, 0.15) is 17.2 Å². The van der Waals surface area contributed by atoms with E-state index < -0.39 is 11.6 Å². The summed E-state index contributed by atoms with van der Waals surface area (Å²) in [6.07, 6.45) is 6.69. The average molecular weight is 356 g/mol. The fourth-order valence-electron chi connectivity index (χ4n) is 3.80. The van der Waals surface area contributed by atoms with Crippen LogP contribution in [0.5, 0.6) is 11.5 Å². The van der Waals surface area contributed by atoms with Crippen LogP contribution in [0, 0.1) is 5.92 Å². The zero-order valence-corrected chi connectivity index (χ0v) is 15.7. The number of hydrogen-bond donors (Lipinski definition) is 4. The van der Waals surface area contributed by atoms with Crippen molar-refractivity contribution in [3.8, 4) is 11.5 Å². The van der Waals surface area contributed by atoms with E-state index in [1.807, 2.05) is 6.92 Å². The van der Waals surface area contributed by atoms with Crippen LogP contribution in [0.15, 0.2) is 35.9 Å². The van der Waals surface area contributed by atoms with E-state index in [4.69, 9.17) is 7.85 Å². The van der Waals surface area contributed by atoms with Crippen molar-refractivity contribution in [2.45, 2.75) is 64.0 Å². The average Bonchev–Trinajstić information content (AvgIpc) is 2.53. The molecule has 4 N–H and O–H groups in total. The Balaban J connectivity index is 2.43. The van der Waals surface area contributed by atoms with E-state index in [1.165, 1.54) is 0 Å². The van der Waals surface area contributed by atoms with Crippen LogP contribution in [-0.4, -0.2) is 34.0 Å². The highest BCUT2D eigenvalue weighted by molar-refractivity contribution is 6.15. The van der Waals surface area contributed by atoms with Gasteiger partial charge in [-0.2, -0.15) is 0 Å². The Kier molecular flexibility index (Phi) is 6.59. The summed E-state index contributed by atoms with van der Waals surface area (Å²) in [5, 5.41) is 40.7. The van der Waals surface area contributed by atoms with Crippen molar-refractivity contribution in [1.29, 1.82) is 0 Å². The van der Waals surface area contributed by atoms with Crippen LogP contribution in [0.3, 0.4) is 0 Å². The fourth-order valence-corrected chi connectivity index (χ4v) is 3.80. The molecular formula is C21H29BO4. The Hall–Kier alpha value is -1.72. The molecule has 2 atom stereocenters. The zero-order chi connectivity index (χ0) is 19.5. The normalized spacial score (nSPS) is 20.7. The Morgan fingerprint density at radius 2 is 1.85 bits per heavy atom. The largest absolute Gasteiger partial charge is 0.507 e. The molecule has 2 radical (unpaired) electrons. The molecule has 4 nitrogen and oxygen atoms in total. The minimum atomic E-state index is -2.40. The van der Waals surface area contributed by atoms with Gasteiger partial charge in [0.25, 0.3) is 0 Å². The van der Waals surface area contributed by atoms with Crippen molar-refractivity contribution in [2.24, 2.45) is 5.92 Å². The van der Waals surface area contributed by atoms with Crippen molar-refractivity contribution in [3.63, 3.8) is 0 Å². The molecule has 2 rings (SSSR count). The van der Waals surface area contributed by atoms with Crippen LogP contribution in [0.2, 0.25) is 0 Å². The van der Waals surface area contributed by atoms with Crippen LogP contribution in [0.4, 0.5) is 0 Å². The molecule has 26 heavy (non-hydrogen) atoms. The minimum Gasteiger partial charge on any atom is -0.507 e. The minimum absolute atomic E-state index is 0.0174. The van der Waals surface area contributed by atoms with E-state index in [0.29, 0.717) is 18.4 Å². The number of rotatable bonds is 7. The standard InChI is InChI=1S/C21H29BO4/c1-4-5-6-7-14-10-18(23)20(19(24)11-14)17-12-15(21(22,25)26)8-9-16(17)13(2)3/h10-12,16-17,23-26H,2,4-9H2,1,3H3. The molecule has 0 bridgehead atoms. The smallest absolute Gasteiger partial charge is 0.160 e. The maximum atomic E-state index is 10.6. The quantitative estimate of drug-likeness (QED) is 0.260. The molecule has 2 unspecified atom stereocenters. The maximum Gasteiger partial charge on any atom is 0.160 e. The third-order valence-electron chi connectivity index (χ3n) is 5.24. The molecule has 0 aliphatic heterocycles. The van der Waals surface area contributed by atoms with Gasteiger partial charge in [0.05, 0.1) is 0 Å². The third-order valence-corrected chi connectivity index (χ3v) is 5.24. The lowest BCUT2D eigenvalue weighted by molar-refractivity contribution is -0.0561. The van der Waals surface area contributed by atoms with Crippen LogP contribution >= 0.6 is 0 Å². The molecule has 0 amide bonds. The molecule has 1 aliphatic rings. The summed E-state index contributed by atoms with van der Waals surface area (Å²) >= 11 is 0. The van der Waals surface area contributed by atoms with Gasteiger partial charge in [0.2, 0.25) is 0 Å². The molecule has 5 heteroatoms. The lowest BCUT2D eigenvalue weighted by atomic mass is 9.70. The van der Waals surface area contributed by atoms with Crippen LogP contribution in [0.25, 0.3) is 0 Å². The van der Waals surface area contributed by atoms with E-state index in [2.05, 4.69) is 13.5 Å². The maximum absolute atomic E-state index is 10.6. The Bertz CT molecular complexity index is 665. The SMILES string of the molecule is [B]C(O)(O)C1=CC(c2c(O)cc(CCCCC)cc2O)C(C(=C)C)CC1. The van der Waals surface area contributed by atoms with Crippen LogP contribution in [0.1, 0.15) is 63.0 Å². The molecule has 0 saturated heterocycles. The molecule has 1 aromatic carbocycles. The molecule has 0 heterocycles. The Labute approximate surface area is 157 Å². The van der Waals surface area contributed by atoms with Gasteiger partial charge in [0.15, 0.2) is 7.85 Å². The first kappa shape index (κ1) is 20.6. The predicted molar refractivity (Wildman–Crippen MR) is 104 cm³/mol. The highest BCUT2D eigenvalue weighted by atomic mass is 16.5. The van der Waals surface area contributed by atoms with Crippen LogP contribution in [-0.2, 0) is 6.42 Å². The molecule has 0 aromatic heterocycles. The first-order valence-corrected chi connectivity index (χ1v) is 9.30. The second-order valence-electron chi connectivity index (χ2n) is 7.44. The van der Waals surface area contributed by atoms with Gasteiger partial charge in [-0.15, -0.1) is 0 Å². The number of phenols is 2. The highest BCUT2D eigenvalue weighted by Crippen LogP contribution is 2.47. The Morgan fingerprint density at radius 3 is 2.35 bits per heavy atom. The number of phenolic OH excluding ortho intramolecular Hbond substituents is 2. The summed E-state index contributed by atoms with van der Waals surface area (Å²) in [5.74, 6) is -0.403. The molecular weight excluding hydrogens is 327 g/mol. The van der Waals surface area contributed by atoms with Gasteiger partial charge in [0, 0.05) is 11.5 Å². The number of aryl methyl sites for hydroxylation is 1. The molecule has 1 aliphatic carbocycles. The monoisotopic (exact) mass is 356 g/mol. The van der Waals surface area contributed by atoms with E-state index in [9.17, 15) is 20.4 Å². The van der Waals surface area contributed by atoms with Crippen molar-refractivity contribution in [3.05, 3.63) is 47.1 Å². The number of aliphatic hydroxyl groups is 2. The molecule has 0 fully saturated rings. The molecule has 0 spiro atoms. The predicted octanol–water partition coefficient (Wildman–Crippen LogP) is 3.63. The summed E-state index contributed by atoms with van der Waals surface area (Å²) < 4.78 is 0. The summed E-state index contributed by atoms with van der Waals surface area (Å²) in [4.78, 5) is 0. The van der Waals surface area contributed by atoms with Crippen molar-refractivity contribution >= 4 is 7.85 Å². The lowest BCUT2D eigenvalue weighted by Crippen LogP contribution is -2.34. The van der Waals surface area contributed by atoms with E-state index in [-0.39, 0.29) is 23.0 Å². The number of hydrogen-bond acceptors (Lipinski definition) is 4. The fraction of sp³-hybridized carbons (Fsp3) is 0.524. The number of aromatic hydroxyl groups is 2. The zero-order valence-electron chi connectivity index (χ0n) is 15.7.